The third kappa shape index (κ3) is 4.17. The number of rotatable bonds is 5. The summed E-state index contributed by atoms with van der Waals surface area (Å²) in [6.07, 6.45) is 0. The van der Waals surface area contributed by atoms with Gasteiger partial charge in [0.1, 0.15) is 0 Å². The van der Waals surface area contributed by atoms with Crippen LogP contribution in [0.3, 0.4) is 0 Å². The third-order valence-electron chi connectivity index (χ3n) is 4.01. The van der Waals surface area contributed by atoms with Gasteiger partial charge in [-0.05, 0) is 50.6 Å². The van der Waals surface area contributed by atoms with Crippen molar-refractivity contribution in [1.29, 1.82) is 0 Å². The Morgan fingerprint density at radius 1 is 1.22 bits per heavy atom. The Balaban J connectivity index is 2.14. The Kier molecular flexibility index (Phi) is 5.87. The first-order chi connectivity index (χ1) is 12.9. The molecule has 0 saturated heterocycles. The van der Waals surface area contributed by atoms with E-state index in [1.807, 2.05) is 39.0 Å². The van der Waals surface area contributed by atoms with Crippen molar-refractivity contribution in [3.8, 4) is 5.69 Å². The Morgan fingerprint density at radius 2 is 1.96 bits per heavy atom. The molecule has 0 unspecified atom stereocenters. The molecule has 1 heterocycles. The van der Waals surface area contributed by atoms with Gasteiger partial charge in [0.2, 0.25) is 5.91 Å². The number of nitrogens with one attached hydrogen (secondary N) is 1. The van der Waals surface area contributed by atoms with E-state index in [-0.39, 0.29) is 23.3 Å². The zero-order valence-electron chi connectivity index (χ0n) is 15.3. The van der Waals surface area contributed by atoms with Gasteiger partial charge in [0.25, 0.3) is 5.56 Å². The monoisotopic (exact) mass is 401 g/mol. The van der Waals surface area contributed by atoms with Crippen LogP contribution in [0, 0.1) is 6.92 Å². The van der Waals surface area contributed by atoms with Crippen molar-refractivity contribution >= 4 is 40.2 Å². The van der Waals surface area contributed by atoms with Crippen molar-refractivity contribution in [1.82, 2.24) is 14.9 Å². The first-order valence-corrected chi connectivity index (χ1v) is 9.94. The standard InChI is InChI=1S/C20H20ClN3O2S/c1-12(2)22-18(25)11-27-20-23-16-9-5-4-7-14(16)19(26)24(20)17-10-6-8-15(21)13(17)3/h4-10,12H,11H2,1-3H3,(H,22,25). The minimum absolute atomic E-state index is 0.0556. The van der Waals surface area contributed by atoms with E-state index >= 15 is 0 Å². The summed E-state index contributed by atoms with van der Waals surface area (Å²) in [5.74, 6) is 0.0644. The van der Waals surface area contributed by atoms with Crippen LogP contribution < -0.4 is 10.9 Å². The van der Waals surface area contributed by atoms with Crippen LogP contribution in [0.1, 0.15) is 19.4 Å². The van der Waals surface area contributed by atoms with E-state index in [9.17, 15) is 9.59 Å². The Hall–Kier alpha value is -2.31. The van der Waals surface area contributed by atoms with Crippen LogP contribution >= 0.6 is 23.4 Å². The normalized spacial score (nSPS) is 11.1. The largest absolute Gasteiger partial charge is 0.353 e. The van der Waals surface area contributed by atoms with Crippen LogP contribution in [0.15, 0.2) is 52.4 Å². The second-order valence-corrected chi connectivity index (χ2v) is 7.80. The molecule has 0 radical (unpaired) electrons. The van der Waals surface area contributed by atoms with Gasteiger partial charge < -0.3 is 5.32 Å². The van der Waals surface area contributed by atoms with Gasteiger partial charge in [-0.3, -0.25) is 14.2 Å². The van der Waals surface area contributed by atoms with E-state index in [1.165, 1.54) is 16.3 Å². The summed E-state index contributed by atoms with van der Waals surface area (Å²) in [6.45, 7) is 5.67. The highest BCUT2D eigenvalue weighted by Crippen LogP contribution is 2.26. The molecular formula is C20H20ClN3O2S. The molecule has 3 rings (SSSR count). The quantitative estimate of drug-likeness (QED) is 0.519. The molecule has 0 atom stereocenters. The second kappa shape index (κ2) is 8.15. The number of hydrogen-bond acceptors (Lipinski definition) is 4. The van der Waals surface area contributed by atoms with Gasteiger partial charge in [0.15, 0.2) is 5.16 Å². The molecule has 0 spiro atoms. The molecule has 0 aliphatic heterocycles. The van der Waals surface area contributed by atoms with Crippen molar-refractivity contribution in [3.05, 3.63) is 63.4 Å². The molecule has 0 aliphatic carbocycles. The van der Waals surface area contributed by atoms with Gasteiger partial charge >= 0.3 is 0 Å². The topological polar surface area (TPSA) is 64.0 Å². The van der Waals surface area contributed by atoms with Gasteiger partial charge in [0, 0.05) is 11.1 Å². The lowest BCUT2D eigenvalue weighted by atomic mass is 10.2. The van der Waals surface area contributed by atoms with Gasteiger partial charge in [0.05, 0.1) is 22.3 Å². The molecule has 1 N–H and O–H groups in total. The van der Waals surface area contributed by atoms with Crippen molar-refractivity contribution in [2.24, 2.45) is 0 Å². The first-order valence-electron chi connectivity index (χ1n) is 8.58. The molecule has 0 bridgehead atoms. The Labute approximate surface area is 166 Å². The molecule has 27 heavy (non-hydrogen) atoms. The lowest BCUT2D eigenvalue weighted by molar-refractivity contribution is -0.119. The predicted octanol–water partition coefficient (Wildman–Crippen LogP) is 3.96. The van der Waals surface area contributed by atoms with Gasteiger partial charge in [-0.2, -0.15) is 0 Å². The summed E-state index contributed by atoms with van der Waals surface area (Å²) in [4.78, 5) is 29.9. The number of amides is 1. The molecule has 3 aromatic rings. The van der Waals surface area contributed by atoms with Crippen LogP contribution in [0.2, 0.25) is 5.02 Å². The predicted molar refractivity (Wildman–Crippen MR) is 111 cm³/mol. The summed E-state index contributed by atoms with van der Waals surface area (Å²) in [6, 6.07) is 12.7. The summed E-state index contributed by atoms with van der Waals surface area (Å²) >= 11 is 7.50. The van der Waals surface area contributed by atoms with E-state index < -0.39 is 0 Å². The maximum Gasteiger partial charge on any atom is 0.266 e. The zero-order chi connectivity index (χ0) is 19.6. The van der Waals surface area contributed by atoms with E-state index in [1.54, 1.807) is 24.3 Å². The fourth-order valence-electron chi connectivity index (χ4n) is 2.75. The minimum Gasteiger partial charge on any atom is -0.353 e. The van der Waals surface area contributed by atoms with Crippen molar-refractivity contribution < 1.29 is 4.79 Å². The molecule has 1 amide bonds. The Bertz CT molecular complexity index is 1060. The van der Waals surface area contributed by atoms with Crippen molar-refractivity contribution in [3.63, 3.8) is 0 Å². The van der Waals surface area contributed by atoms with E-state index in [4.69, 9.17) is 11.6 Å². The number of para-hydroxylation sites is 1. The summed E-state index contributed by atoms with van der Waals surface area (Å²) in [5.41, 5.74) is 1.87. The van der Waals surface area contributed by atoms with Gasteiger partial charge in [-0.15, -0.1) is 0 Å². The van der Waals surface area contributed by atoms with Crippen molar-refractivity contribution in [2.75, 3.05) is 5.75 Å². The summed E-state index contributed by atoms with van der Waals surface area (Å²) < 4.78 is 1.54. The van der Waals surface area contributed by atoms with E-state index in [2.05, 4.69) is 10.3 Å². The molecule has 5 nitrogen and oxygen atoms in total. The average Bonchev–Trinajstić information content (AvgIpc) is 2.62. The number of halogens is 1. The summed E-state index contributed by atoms with van der Waals surface area (Å²) in [5, 5.41) is 4.40. The Morgan fingerprint density at radius 3 is 2.70 bits per heavy atom. The average molecular weight is 402 g/mol. The van der Waals surface area contributed by atoms with Gasteiger partial charge in [-0.1, -0.05) is 41.6 Å². The number of aromatic nitrogens is 2. The molecule has 0 fully saturated rings. The van der Waals surface area contributed by atoms with Crippen LogP contribution in [0.5, 0.6) is 0 Å². The van der Waals surface area contributed by atoms with Crippen molar-refractivity contribution in [2.45, 2.75) is 32.0 Å². The molecule has 2 aromatic carbocycles. The number of thioether (sulfide) groups is 1. The smallest absolute Gasteiger partial charge is 0.266 e. The highest BCUT2D eigenvalue weighted by Gasteiger charge is 2.17. The number of hydrogen-bond donors (Lipinski definition) is 1. The third-order valence-corrected chi connectivity index (χ3v) is 5.36. The maximum atomic E-state index is 13.2. The maximum absolute atomic E-state index is 13.2. The molecule has 0 aliphatic rings. The summed E-state index contributed by atoms with van der Waals surface area (Å²) in [7, 11) is 0. The highest BCUT2D eigenvalue weighted by atomic mass is 35.5. The molecule has 7 heteroatoms. The highest BCUT2D eigenvalue weighted by molar-refractivity contribution is 7.99. The number of benzene rings is 2. The molecule has 140 valence electrons. The van der Waals surface area contributed by atoms with Crippen LogP contribution in [0.4, 0.5) is 0 Å². The van der Waals surface area contributed by atoms with Crippen LogP contribution in [0.25, 0.3) is 16.6 Å². The lowest BCUT2D eigenvalue weighted by Crippen LogP contribution is -2.32. The van der Waals surface area contributed by atoms with Crippen LogP contribution in [-0.2, 0) is 4.79 Å². The first kappa shape index (κ1) is 19.5. The molecular weight excluding hydrogens is 382 g/mol. The number of nitrogens with zero attached hydrogens (tertiary/aromatic N) is 2. The zero-order valence-corrected chi connectivity index (χ0v) is 16.9. The molecule has 0 saturated carbocycles. The number of fused-ring (bicyclic) bond motifs is 1. The van der Waals surface area contributed by atoms with Crippen LogP contribution in [-0.4, -0.2) is 27.3 Å². The van der Waals surface area contributed by atoms with E-state index in [0.29, 0.717) is 26.8 Å². The SMILES string of the molecule is Cc1c(Cl)cccc1-n1c(SCC(=O)NC(C)C)nc2ccccc2c1=O. The second-order valence-electron chi connectivity index (χ2n) is 6.45. The lowest BCUT2D eigenvalue weighted by Gasteiger charge is -2.16. The van der Waals surface area contributed by atoms with E-state index in [0.717, 1.165) is 5.56 Å². The fourth-order valence-corrected chi connectivity index (χ4v) is 3.74. The number of carbonyl (C=O) groups excluding carboxylic acids is 1. The van der Waals surface area contributed by atoms with Gasteiger partial charge in [-0.25, -0.2) is 4.98 Å². The molecule has 1 aromatic heterocycles. The minimum atomic E-state index is -0.183. The number of carbonyl (C=O) groups is 1. The fraction of sp³-hybridized carbons (Fsp3) is 0.250.